The van der Waals surface area contributed by atoms with Gasteiger partial charge in [0.05, 0.1) is 6.54 Å². The zero-order valence-corrected chi connectivity index (χ0v) is 13.0. The Morgan fingerprint density at radius 2 is 2.00 bits per heavy atom. The van der Waals surface area contributed by atoms with Crippen molar-refractivity contribution in [3.8, 4) is 11.5 Å². The van der Waals surface area contributed by atoms with Crippen LogP contribution in [0, 0.1) is 6.92 Å². The zero-order valence-electron chi connectivity index (χ0n) is 13.0. The normalized spacial score (nSPS) is 16.0. The molecule has 0 aliphatic carbocycles. The van der Waals surface area contributed by atoms with Crippen LogP contribution in [0.4, 0.5) is 0 Å². The highest BCUT2D eigenvalue weighted by atomic mass is 16.4. The minimum absolute atomic E-state index is 0.138. The van der Waals surface area contributed by atoms with Crippen LogP contribution in [-0.4, -0.2) is 52.1 Å². The van der Waals surface area contributed by atoms with Gasteiger partial charge in [0.1, 0.15) is 0 Å². The number of nitrogens with zero attached hydrogens (tertiary/aromatic N) is 4. The molecule has 116 valence electrons. The maximum Gasteiger partial charge on any atom is 0.247 e. The SMILES string of the molecule is CC(=O)N1CCN(Cc2nnc(-c3cccc(C)c3)o2)CC1. The first-order chi connectivity index (χ1) is 10.6. The van der Waals surface area contributed by atoms with Gasteiger partial charge in [0, 0.05) is 38.7 Å². The van der Waals surface area contributed by atoms with Gasteiger partial charge in [-0.2, -0.15) is 0 Å². The van der Waals surface area contributed by atoms with Crippen LogP contribution in [0.1, 0.15) is 18.4 Å². The lowest BCUT2D eigenvalue weighted by Crippen LogP contribution is -2.47. The van der Waals surface area contributed by atoms with Gasteiger partial charge in [-0.25, -0.2) is 0 Å². The molecule has 1 aromatic heterocycles. The van der Waals surface area contributed by atoms with Crippen molar-refractivity contribution < 1.29 is 9.21 Å². The minimum atomic E-state index is 0.138. The largest absolute Gasteiger partial charge is 0.419 e. The number of rotatable bonds is 3. The van der Waals surface area contributed by atoms with E-state index in [2.05, 4.69) is 15.1 Å². The molecule has 0 atom stereocenters. The van der Waals surface area contributed by atoms with Gasteiger partial charge in [0.15, 0.2) is 0 Å². The molecular weight excluding hydrogens is 280 g/mol. The van der Waals surface area contributed by atoms with Gasteiger partial charge >= 0.3 is 0 Å². The Balaban J connectivity index is 1.62. The average molecular weight is 300 g/mol. The van der Waals surface area contributed by atoms with E-state index in [1.54, 1.807) is 6.92 Å². The van der Waals surface area contributed by atoms with Gasteiger partial charge in [-0.3, -0.25) is 9.69 Å². The van der Waals surface area contributed by atoms with E-state index in [-0.39, 0.29) is 5.91 Å². The van der Waals surface area contributed by atoms with Gasteiger partial charge in [0.2, 0.25) is 17.7 Å². The number of aromatic nitrogens is 2. The number of hydrogen-bond donors (Lipinski definition) is 0. The molecule has 0 saturated carbocycles. The van der Waals surface area contributed by atoms with E-state index >= 15 is 0 Å². The van der Waals surface area contributed by atoms with E-state index < -0.39 is 0 Å². The Hall–Kier alpha value is -2.21. The van der Waals surface area contributed by atoms with Crippen LogP contribution < -0.4 is 0 Å². The molecule has 6 heteroatoms. The first-order valence-electron chi connectivity index (χ1n) is 7.49. The molecule has 2 heterocycles. The second-order valence-corrected chi connectivity index (χ2v) is 5.65. The fourth-order valence-electron chi connectivity index (χ4n) is 2.62. The van der Waals surface area contributed by atoms with Crippen molar-refractivity contribution in [2.45, 2.75) is 20.4 Å². The van der Waals surface area contributed by atoms with Crippen molar-refractivity contribution in [1.29, 1.82) is 0 Å². The third kappa shape index (κ3) is 3.33. The molecule has 0 bridgehead atoms. The van der Waals surface area contributed by atoms with Crippen LogP contribution in [0.25, 0.3) is 11.5 Å². The summed E-state index contributed by atoms with van der Waals surface area (Å²) in [6.07, 6.45) is 0. The second kappa shape index (κ2) is 6.27. The molecular formula is C16H20N4O2. The Morgan fingerprint density at radius 1 is 1.23 bits per heavy atom. The van der Waals surface area contributed by atoms with Crippen molar-refractivity contribution in [3.63, 3.8) is 0 Å². The van der Waals surface area contributed by atoms with Gasteiger partial charge in [-0.1, -0.05) is 17.7 Å². The molecule has 2 aromatic rings. The van der Waals surface area contributed by atoms with Crippen LogP contribution in [0.15, 0.2) is 28.7 Å². The summed E-state index contributed by atoms with van der Waals surface area (Å²) < 4.78 is 5.76. The van der Waals surface area contributed by atoms with E-state index in [1.165, 1.54) is 0 Å². The molecule has 0 unspecified atom stereocenters. The molecule has 1 fully saturated rings. The molecule has 1 saturated heterocycles. The van der Waals surface area contributed by atoms with Crippen LogP contribution in [0.2, 0.25) is 0 Å². The van der Waals surface area contributed by atoms with Crippen LogP contribution in [0.3, 0.4) is 0 Å². The molecule has 0 radical (unpaired) electrons. The predicted molar refractivity (Wildman–Crippen MR) is 82.0 cm³/mol. The van der Waals surface area contributed by atoms with E-state index in [1.807, 2.05) is 36.1 Å². The van der Waals surface area contributed by atoms with Gasteiger partial charge in [0.25, 0.3) is 0 Å². The van der Waals surface area contributed by atoms with Gasteiger partial charge in [-0.15, -0.1) is 10.2 Å². The minimum Gasteiger partial charge on any atom is -0.419 e. The first kappa shape index (κ1) is 14.7. The van der Waals surface area contributed by atoms with Crippen molar-refractivity contribution in [2.75, 3.05) is 26.2 Å². The lowest BCUT2D eigenvalue weighted by molar-refractivity contribution is -0.130. The predicted octanol–water partition coefficient (Wildman–Crippen LogP) is 1.71. The number of piperazine rings is 1. The molecule has 0 N–H and O–H groups in total. The first-order valence-corrected chi connectivity index (χ1v) is 7.49. The van der Waals surface area contributed by atoms with E-state index in [0.29, 0.717) is 18.3 Å². The van der Waals surface area contributed by atoms with Crippen molar-refractivity contribution in [2.24, 2.45) is 0 Å². The number of carbonyl (C=O) groups is 1. The summed E-state index contributed by atoms with van der Waals surface area (Å²) in [5, 5.41) is 8.26. The third-order valence-corrected chi connectivity index (χ3v) is 3.91. The highest BCUT2D eigenvalue weighted by molar-refractivity contribution is 5.73. The molecule has 1 aliphatic rings. The number of aryl methyl sites for hydroxylation is 1. The topological polar surface area (TPSA) is 62.5 Å². The van der Waals surface area contributed by atoms with Crippen molar-refractivity contribution in [3.05, 3.63) is 35.7 Å². The number of hydrogen-bond acceptors (Lipinski definition) is 5. The van der Waals surface area contributed by atoms with Crippen LogP contribution >= 0.6 is 0 Å². The molecule has 1 aromatic carbocycles. The fraction of sp³-hybridized carbons (Fsp3) is 0.438. The molecule has 1 aliphatic heterocycles. The Bertz CT molecular complexity index is 660. The van der Waals surface area contributed by atoms with Gasteiger partial charge < -0.3 is 9.32 Å². The number of amides is 1. The van der Waals surface area contributed by atoms with Gasteiger partial charge in [-0.05, 0) is 19.1 Å². The quantitative estimate of drug-likeness (QED) is 0.863. The summed E-state index contributed by atoms with van der Waals surface area (Å²) in [7, 11) is 0. The summed E-state index contributed by atoms with van der Waals surface area (Å²) >= 11 is 0. The van der Waals surface area contributed by atoms with Crippen LogP contribution in [-0.2, 0) is 11.3 Å². The average Bonchev–Trinajstić information content (AvgIpc) is 2.96. The lowest BCUT2D eigenvalue weighted by Gasteiger charge is -2.33. The summed E-state index contributed by atoms with van der Waals surface area (Å²) in [5.41, 5.74) is 2.11. The summed E-state index contributed by atoms with van der Waals surface area (Å²) in [6.45, 7) is 7.47. The molecule has 22 heavy (non-hydrogen) atoms. The van der Waals surface area contributed by atoms with E-state index in [9.17, 15) is 4.79 Å². The lowest BCUT2D eigenvalue weighted by atomic mass is 10.1. The van der Waals surface area contributed by atoms with E-state index in [4.69, 9.17) is 4.42 Å². The Morgan fingerprint density at radius 3 is 2.68 bits per heavy atom. The fourth-order valence-corrected chi connectivity index (χ4v) is 2.62. The third-order valence-electron chi connectivity index (χ3n) is 3.91. The number of carbonyl (C=O) groups excluding carboxylic acids is 1. The molecule has 3 rings (SSSR count). The van der Waals surface area contributed by atoms with Crippen LogP contribution in [0.5, 0.6) is 0 Å². The Kier molecular flexibility index (Phi) is 4.20. The van der Waals surface area contributed by atoms with E-state index in [0.717, 1.165) is 37.3 Å². The maximum absolute atomic E-state index is 11.3. The maximum atomic E-state index is 11.3. The number of benzene rings is 1. The monoisotopic (exact) mass is 300 g/mol. The molecule has 1 amide bonds. The molecule has 0 spiro atoms. The standard InChI is InChI=1S/C16H20N4O2/c1-12-4-3-5-14(10-12)16-18-17-15(22-16)11-19-6-8-20(9-7-19)13(2)21/h3-5,10H,6-9,11H2,1-2H3. The highest BCUT2D eigenvalue weighted by Crippen LogP contribution is 2.19. The second-order valence-electron chi connectivity index (χ2n) is 5.65. The summed E-state index contributed by atoms with van der Waals surface area (Å²) in [5.74, 6) is 1.31. The highest BCUT2D eigenvalue weighted by Gasteiger charge is 2.20. The smallest absolute Gasteiger partial charge is 0.247 e. The van der Waals surface area contributed by atoms with Crippen molar-refractivity contribution >= 4 is 5.91 Å². The summed E-state index contributed by atoms with van der Waals surface area (Å²) in [6, 6.07) is 8.02. The summed E-state index contributed by atoms with van der Waals surface area (Å²) in [4.78, 5) is 15.4. The molecule has 6 nitrogen and oxygen atoms in total. The Labute approximate surface area is 129 Å². The van der Waals surface area contributed by atoms with Crippen molar-refractivity contribution in [1.82, 2.24) is 20.0 Å². The zero-order chi connectivity index (χ0) is 15.5.